The van der Waals surface area contributed by atoms with Crippen molar-refractivity contribution in [1.82, 2.24) is 0 Å². The Labute approximate surface area is 177 Å². The predicted octanol–water partition coefficient (Wildman–Crippen LogP) is 4.39. The maximum Gasteiger partial charge on any atom is 0.186 e. The minimum absolute atomic E-state index is 0. The van der Waals surface area contributed by atoms with E-state index in [-0.39, 0.29) is 38.4 Å². The monoisotopic (exact) mass is 379 g/mol. The Hall–Kier alpha value is -1.10. The van der Waals surface area contributed by atoms with Gasteiger partial charge < -0.3 is 9.47 Å². The van der Waals surface area contributed by atoms with Crippen LogP contribution in [0.15, 0.2) is 36.4 Å². The largest absolute Gasteiger partial charge is 0.491 e. The standard InChI is InChI=1S/C22H29O3P.Li/c1-15-13-17(22(3,4)5)14-16(2)20(15)21(23)26-19-9-7-18(8-10-19)25-12-11-24-6;/h7-10,13-14,26H,11-12H2,1-6H3;. The Balaban J connectivity index is 0.00000364. The van der Waals surface area contributed by atoms with E-state index in [0.717, 1.165) is 27.7 Å². The van der Waals surface area contributed by atoms with Crippen LogP contribution in [0.4, 0.5) is 0 Å². The van der Waals surface area contributed by atoms with Crippen LogP contribution >= 0.6 is 8.58 Å². The van der Waals surface area contributed by atoms with Gasteiger partial charge in [-0.05, 0) is 62.0 Å². The van der Waals surface area contributed by atoms with Crippen molar-refractivity contribution in [3.05, 3.63) is 58.7 Å². The zero-order valence-corrected chi connectivity index (χ0v) is 18.6. The van der Waals surface area contributed by atoms with Gasteiger partial charge in [0, 0.05) is 31.5 Å². The molecule has 141 valence electrons. The molecule has 1 atom stereocenters. The van der Waals surface area contributed by atoms with Crippen molar-refractivity contribution in [2.45, 2.75) is 40.0 Å². The molecule has 0 saturated heterocycles. The summed E-state index contributed by atoms with van der Waals surface area (Å²) in [5.41, 5.74) is 4.52. The molecule has 5 heteroatoms. The molecule has 1 unspecified atom stereocenters. The molecule has 2 aromatic carbocycles. The van der Waals surface area contributed by atoms with Crippen LogP contribution in [0.1, 0.15) is 47.8 Å². The van der Waals surface area contributed by atoms with Crippen LogP contribution in [-0.2, 0) is 10.2 Å². The van der Waals surface area contributed by atoms with Crippen LogP contribution in [-0.4, -0.2) is 44.7 Å². The third-order valence-electron chi connectivity index (χ3n) is 4.29. The molecule has 0 saturated carbocycles. The molecule has 0 aliphatic carbocycles. The number of methoxy groups -OCH3 is 1. The van der Waals surface area contributed by atoms with E-state index >= 15 is 0 Å². The van der Waals surface area contributed by atoms with Gasteiger partial charge in [-0.3, -0.25) is 4.79 Å². The fourth-order valence-electron chi connectivity index (χ4n) is 2.83. The van der Waals surface area contributed by atoms with Gasteiger partial charge in [0.2, 0.25) is 0 Å². The zero-order valence-electron chi connectivity index (χ0n) is 17.6. The maximum atomic E-state index is 12.9. The summed E-state index contributed by atoms with van der Waals surface area (Å²) in [5.74, 6) is 0.796. The summed E-state index contributed by atoms with van der Waals surface area (Å²) in [4.78, 5) is 12.9. The van der Waals surface area contributed by atoms with Crippen LogP contribution in [0.25, 0.3) is 0 Å². The summed E-state index contributed by atoms with van der Waals surface area (Å²) < 4.78 is 10.5. The average Bonchev–Trinajstić information content (AvgIpc) is 2.55. The molecule has 0 aromatic heterocycles. The Morgan fingerprint density at radius 1 is 1.00 bits per heavy atom. The van der Waals surface area contributed by atoms with E-state index < -0.39 is 0 Å². The third kappa shape index (κ3) is 6.77. The number of aryl methyl sites for hydroxylation is 2. The number of ether oxygens (including phenoxy) is 2. The topological polar surface area (TPSA) is 35.5 Å². The molecule has 27 heavy (non-hydrogen) atoms. The molecule has 0 bridgehead atoms. The minimum atomic E-state index is 0. The Bertz CT molecular complexity index is 741. The third-order valence-corrected chi connectivity index (χ3v) is 5.39. The number of carbonyl (C=O) groups is 1. The van der Waals surface area contributed by atoms with Gasteiger partial charge in [0.25, 0.3) is 0 Å². The smallest absolute Gasteiger partial charge is 0.186 e. The van der Waals surface area contributed by atoms with Crippen molar-refractivity contribution in [2.75, 3.05) is 20.3 Å². The van der Waals surface area contributed by atoms with Gasteiger partial charge in [0.1, 0.15) is 12.4 Å². The Morgan fingerprint density at radius 2 is 1.56 bits per heavy atom. The second kappa shape index (κ2) is 10.4. The first-order chi connectivity index (χ1) is 12.2. The molecule has 0 fully saturated rings. The summed E-state index contributed by atoms with van der Waals surface area (Å²) in [6.45, 7) is 11.7. The number of hydrogen-bond donors (Lipinski definition) is 0. The van der Waals surface area contributed by atoms with E-state index in [0.29, 0.717) is 13.2 Å². The Kier molecular flexibility index (Phi) is 9.26. The molecule has 2 rings (SSSR count). The van der Waals surface area contributed by atoms with Crippen LogP contribution in [0, 0.1) is 13.8 Å². The van der Waals surface area contributed by atoms with Gasteiger partial charge in [0.15, 0.2) is 5.52 Å². The van der Waals surface area contributed by atoms with Crippen molar-refractivity contribution >= 4 is 38.3 Å². The van der Waals surface area contributed by atoms with Crippen molar-refractivity contribution in [3.63, 3.8) is 0 Å². The molecule has 2 aromatic rings. The summed E-state index contributed by atoms with van der Waals surface area (Å²) in [7, 11) is 1.76. The molecule has 0 amide bonds. The van der Waals surface area contributed by atoms with Gasteiger partial charge in [-0.15, -0.1) is 0 Å². The van der Waals surface area contributed by atoms with E-state index in [1.807, 2.05) is 38.1 Å². The fraction of sp³-hybridized carbons (Fsp3) is 0.409. The number of carbonyl (C=O) groups excluding carboxylic acids is 1. The second-order valence-corrected chi connectivity index (χ2v) is 8.84. The molecule has 0 aliphatic heterocycles. The second-order valence-electron chi connectivity index (χ2n) is 7.55. The first-order valence-electron chi connectivity index (χ1n) is 8.87. The first kappa shape index (κ1) is 23.9. The van der Waals surface area contributed by atoms with Crippen molar-refractivity contribution in [2.24, 2.45) is 0 Å². The minimum Gasteiger partial charge on any atom is -0.491 e. The van der Waals surface area contributed by atoms with Gasteiger partial charge in [0.05, 0.1) is 6.61 Å². The summed E-state index contributed by atoms with van der Waals surface area (Å²) in [6, 6.07) is 12.1. The maximum absolute atomic E-state index is 12.9. The molecule has 3 nitrogen and oxygen atoms in total. The van der Waals surface area contributed by atoms with Crippen LogP contribution in [0.3, 0.4) is 0 Å². The van der Waals surface area contributed by atoms with Crippen LogP contribution in [0.5, 0.6) is 5.75 Å². The SMILES string of the molecule is COCCOc1ccc(PC(=O)c2c(C)cc(C(C)(C)C)cc2C)cc1.[Li]. The summed E-state index contributed by atoms with van der Waals surface area (Å²) in [6.07, 6.45) is 0. The van der Waals surface area contributed by atoms with E-state index in [1.54, 1.807) is 7.11 Å². The number of hydrogen-bond acceptors (Lipinski definition) is 3. The molecule has 0 heterocycles. The van der Waals surface area contributed by atoms with E-state index in [2.05, 4.69) is 32.9 Å². The predicted molar refractivity (Wildman–Crippen MR) is 116 cm³/mol. The normalized spacial score (nSPS) is 11.5. The van der Waals surface area contributed by atoms with Gasteiger partial charge in [-0.2, -0.15) is 0 Å². The number of rotatable bonds is 7. The average molecular weight is 379 g/mol. The molecular formula is C22H29LiO3P. The van der Waals surface area contributed by atoms with Crippen molar-refractivity contribution in [3.8, 4) is 5.75 Å². The van der Waals surface area contributed by atoms with E-state index in [1.165, 1.54) is 5.56 Å². The van der Waals surface area contributed by atoms with Crippen molar-refractivity contribution < 1.29 is 14.3 Å². The van der Waals surface area contributed by atoms with Gasteiger partial charge in [-0.25, -0.2) is 0 Å². The Morgan fingerprint density at radius 3 is 2.04 bits per heavy atom. The number of benzene rings is 2. The molecule has 0 spiro atoms. The first-order valence-corrected chi connectivity index (χ1v) is 9.87. The van der Waals surface area contributed by atoms with Gasteiger partial charge in [-0.1, -0.05) is 45.0 Å². The zero-order chi connectivity index (χ0) is 19.3. The van der Waals surface area contributed by atoms with Crippen LogP contribution in [0.2, 0.25) is 0 Å². The quantitative estimate of drug-likeness (QED) is 0.407. The molecular weight excluding hydrogens is 350 g/mol. The van der Waals surface area contributed by atoms with E-state index in [9.17, 15) is 4.79 Å². The van der Waals surface area contributed by atoms with Gasteiger partial charge >= 0.3 is 0 Å². The van der Waals surface area contributed by atoms with Crippen LogP contribution < -0.4 is 10.0 Å². The molecule has 0 aliphatic rings. The fourth-order valence-corrected chi connectivity index (χ4v) is 3.94. The summed E-state index contributed by atoms with van der Waals surface area (Å²) in [5, 5.41) is 1.02. The molecule has 1 radical (unpaired) electrons. The van der Waals surface area contributed by atoms with E-state index in [4.69, 9.17) is 9.47 Å². The summed E-state index contributed by atoms with van der Waals surface area (Å²) >= 11 is 0. The molecule has 0 N–H and O–H groups in total. The van der Waals surface area contributed by atoms with Crippen molar-refractivity contribution in [1.29, 1.82) is 0 Å².